The largest absolute Gasteiger partial charge is 0.494 e. The number of methoxy groups -OCH3 is 1. The summed E-state index contributed by atoms with van der Waals surface area (Å²) in [5.74, 6) is 0.0906. The fourth-order valence-corrected chi connectivity index (χ4v) is 2.86. The summed E-state index contributed by atoms with van der Waals surface area (Å²) in [4.78, 5) is 16.9. The lowest BCUT2D eigenvalue weighted by molar-refractivity contribution is -0.115. The van der Waals surface area contributed by atoms with Gasteiger partial charge in [0.1, 0.15) is 17.3 Å². The predicted molar refractivity (Wildman–Crippen MR) is 90.2 cm³/mol. The fraction of sp³-hybridized carbons (Fsp3) is 0.0588. The van der Waals surface area contributed by atoms with Crippen molar-refractivity contribution in [2.24, 2.45) is 4.99 Å². The van der Waals surface area contributed by atoms with Crippen molar-refractivity contribution in [1.29, 1.82) is 0 Å². The van der Waals surface area contributed by atoms with E-state index in [-0.39, 0.29) is 11.7 Å². The van der Waals surface area contributed by atoms with E-state index in [0.29, 0.717) is 21.5 Å². The molecule has 3 rings (SSSR count). The van der Waals surface area contributed by atoms with Crippen molar-refractivity contribution in [3.05, 3.63) is 64.8 Å². The molecule has 4 nitrogen and oxygen atoms in total. The van der Waals surface area contributed by atoms with Gasteiger partial charge in [0, 0.05) is 0 Å². The highest BCUT2D eigenvalue weighted by molar-refractivity contribution is 8.18. The monoisotopic (exact) mass is 328 g/mol. The first-order valence-electron chi connectivity index (χ1n) is 6.84. The Morgan fingerprint density at radius 3 is 2.65 bits per heavy atom. The van der Waals surface area contributed by atoms with Gasteiger partial charge in [-0.1, -0.05) is 24.3 Å². The van der Waals surface area contributed by atoms with Gasteiger partial charge in [-0.15, -0.1) is 0 Å². The summed E-state index contributed by atoms with van der Waals surface area (Å²) in [6.07, 6.45) is 1.70. The second-order valence-corrected chi connectivity index (χ2v) is 5.74. The molecule has 2 aromatic rings. The minimum atomic E-state index is -0.311. The van der Waals surface area contributed by atoms with Gasteiger partial charge in [-0.05, 0) is 47.7 Å². The van der Waals surface area contributed by atoms with Crippen LogP contribution in [0.1, 0.15) is 5.56 Å². The second kappa shape index (κ2) is 6.66. The van der Waals surface area contributed by atoms with E-state index in [1.165, 1.54) is 23.9 Å². The van der Waals surface area contributed by atoms with Crippen LogP contribution in [-0.4, -0.2) is 18.2 Å². The highest BCUT2D eigenvalue weighted by Crippen LogP contribution is 2.31. The molecule has 0 spiro atoms. The van der Waals surface area contributed by atoms with Gasteiger partial charge in [-0.3, -0.25) is 4.79 Å². The molecule has 1 fully saturated rings. The van der Waals surface area contributed by atoms with Crippen LogP contribution >= 0.6 is 11.8 Å². The highest BCUT2D eigenvalue weighted by atomic mass is 32.2. The molecule has 0 bridgehead atoms. The van der Waals surface area contributed by atoms with Gasteiger partial charge in [0.05, 0.1) is 12.0 Å². The SMILES string of the molecule is COc1ccccc1N=C1NC(=O)C(=Cc2ccc(F)cc2)S1. The molecule has 116 valence electrons. The molecule has 0 aliphatic carbocycles. The Hall–Kier alpha value is -2.60. The third kappa shape index (κ3) is 3.60. The van der Waals surface area contributed by atoms with Crippen molar-refractivity contribution in [3.63, 3.8) is 0 Å². The van der Waals surface area contributed by atoms with Gasteiger partial charge in [0.25, 0.3) is 5.91 Å². The van der Waals surface area contributed by atoms with E-state index in [1.807, 2.05) is 12.1 Å². The van der Waals surface area contributed by atoms with Crippen molar-refractivity contribution in [2.75, 3.05) is 7.11 Å². The maximum absolute atomic E-state index is 12.9. The smallest absolute Gasteiger partial charge is 0.264 e. The number of halogens is 1. The standard InChI is InChI=1S/C17H13FN2O2S/c1-22-14-5-3-2-4-13(14)19-17-20-16(21)15(23-17)10-11-6-8-12(18)9-7-11/h2-10H,1H3,(H,19,20,21). The lowest BCUT2D eigenvalue weighted by Gasteiger charge is -2.03. The third-order valence-electron chi connectivity index (χ3n) is 3.13. The first-order chi connectivity index (χ1) is 11.2. The number of thioether (sulfide) groups is 1. The maximum Gasteiger partial charge on any atom is 0.264 e. The van der Waals surface area contributed by atoms with Crippen LogP contribution in [0.2, 0.25) is 0 Å². The Morgan fingerprint density at radius 2 is 1.91 bits per heavy atom. The third-order valence-corrected chi connectivity index (χ3v) is 4.04. The van der Waals surface area contributed by atoms with Crippen LogP contribution in [0.3, 0.4) is 0 Å². The molecule has 1 amide bonds. The van der Waals surface area contributed by atoms with Crippen LogP contribution < -0.4 is 10.1 Å². The van der Waals surface area contributed by atoms with Crippen molar-refractivity contribution < 1.29 is 13.9 Å². The second-order valence-electron chi connectivity index (χ2n) is 4.71. The molecule has 0 saturated carbocycles. The van der Waals surface area contributed by atoms with Crippen molar-refractivity contribution in [1.82, 2.24) is 5.32 Å². The number of carbonyl (C=O) groups is 1. The molecular formula is C17H13FN2O2S. The van der Waals surface area contributed by atoms with Crippen LogP contribution in [0, 0.1) is 5.82 Å². The summed E-state index contributed by atoms with van der Waals surface area (Å²) >= 11 is 1.23. The Kier molecular flexibility index (Phi) is 4.43. The molecule has 1 heterocycles. The first kappa shape index (κ1) is 15.3. The van der Waals surface area contributed by atoms with Gasteiger partial charge >= 0.3 is 0 Å². The van der Waals surface area contributed by atoms with Gasteiger partial charge in [0.2, 0.25) is 0 Å². The van der Waals surface area contributed by atoms with Crippen LogP contribution in [-0.2, 0) is 4.79 Å². The molecule has 1 saturated heterocycles. The lowest BCUT2D eigenvalue weighted by Crippen LogP contribution is -2.19. The number of rotatable bonds is 3. The number of ether oxygens (including phenoxy) is 1. The number of amides is 1. The van der Waals surface area contributed by atoms with E-state index < -0.39 is 0 Å². The molecule has 1 aliphatic rings. The average Bonchev–Trinajstić information content (AvgIpc) is 2.89. The molecule has 0 unspecified atom stereocenters. The zero-order valence-electron chi connectivity index (χ0n) is 12.2. The van der Waals surface area contributed by atoms with Crippen LogP contribution in [0.5, 0.6) is 5.75 Å². The van der Waals surface area contributed by atoms with Crippen LogP contribution in [0.15, 0.2) is 58.4 Å². The molecule has 0 radical (unpaired) electrons. The Bertz CT molecular complexity index is 800. The van der Waals surface area contributed by atoms with E-state index >= 15 is 0 Å². The summed E-state index contributed by atoms with van der Waals surface area (Å²) < 4.78 is 18.2. The predicted octanol–water partition coefficient (Wildman–Crippen LogP) is 3.73. The lowest BCUT2D eigenvalue weighted by atomic mass is 10.2. The summed E-state index contributed by atoms with van der Waals surface area (Å²) in [6, 6.07) is 13.2. The molecule has 23 heavy (non-hydrogen) atoms. The first-order valence-corrected chi connectivity index (χ1v) is 7.65. The molecule has 0 aromatic heterocycles. The van der Waals surface area contributed by atoms with Gasteiger partial charge in [-0.25, -0.2) is 9.38 Å². The van der Waals surface area contributed by atoms with Crippen LogP contribution in [0.25, 0.3) is 6.08 Å². The van der Waals surface area contributed by atoms with Crippen molar-refractivity contribution in [2.45, 2.75) is 0 Å². The number of para-hydroxylation sites is 2. The summed E-state index contributed by atoms with van der Waals surface area (Å²) in [5.41, 5.74) is 1.39. The number of amidine groups is 1. The zero-order chi connectivity index (χ0) is 16.2. The van der Waals surface area contributed by atoms with Gasteiger partial charge in [0.15, 0.2) is 5.17 Å². The molecule has 2 aromatic carbocycles. The van der Waals surface area contributed by atoms with E-state index in [0.717, 1.165) is 5.56 Å². The van der Waals surface area contributed by atoms with Crippen molar-refractivity contribution >= 4 is 34.6 Å². The highest BCUT2D eigenvalue weighted by Gasteiger charge is 2.24. The number of aliphatic imine (C=N–C) groups is 1. The van der Waals surface area contributed by atoms with Crippen LogP contribution in [0.4, 0.5) is 10.1 Å². The molecule has 1 N–H and O–H groups in total. The van der Waals surface area contributed by atoms with E-state index in [1.54, 1.807) is 37.5 Å². The normalized spacial score (nSPS) is 17.6. The Balaban J connectivity index is 1.84. The Labute approximate surface area is 137 Å². The zero-order valence-corrected chi connectivity index (χ0v) is 13.1. The number of hydrogen-bond donors (Lipinski definition) is 1. The van der Waals surface area contributed by atoms with Gasteiger partial charge < -0.3 is 10.1 Å². The van der Waals surface area contributed by atoms with Gasteiger partial charge in [-0.2, -0.15) is 0 Å². The van der Waals surface area contributed by atoms with E-state index in [4.69, 9.17) is 4.74 Å². The van der Waals surface area contributed by atoms with Crippen molar-refractivity contribution in [3.8, 4) is 5.75 Å². The number of nitrogens with zero attached hydrogens (tertiary/aromatic N) is 1. The minimum absolute atomic E-state index is 0.229. The number of hydrogen-bond acceptors (Lipinski definition) is 4. The molecule has 0 atom stereocenters. The number of carbonyl (C=O) groups excluding carboxylic acids is 1. The topological polar surface area (TPSA) is 50.7 Å². The molecule has 1 aliphatic heterocycles. The van der Waals surface area contributed by atoms with E-state index in [2.05, 4.69) is 10.3 Å². The average molecular weight is 328 g/mol. The fourth-order valence-electron chi connectivity index (χ4n) is 2.02. The summed E-state index contributed by atoms with van der Waals surface area (Å²) in [6.45, 7) is 0. The molecule has 6 heteroatoms. The number of benzene rings is 2. The minimum Gasteiger partial charge on any atom is -0.494 e. The summed E-state index contributed by atoms with van der Waals surface area (Å²) in [7, 11) is 1.57. The molecular weight excluding hydrogens is 315 g/mol. The quantitative estimate of drug-likeness (QED) is 0.874. The maximum atomic E-state index is 12.9. The number of nitrogens with one attached hydrogen (secondary N) is 1. The van der Waals surface area contributed by atoms with E-state index in [9.17, 15) is 9.18 Å². The Morgan fingerprint density at radius 1 is 1.17 bits per heavy atom. The summed E-state index contributed by atoms with van der Waals surface area (Å²) in [5, 5.41) is 3.19.